The molecule has 1 heterocycles. The maximum Gasteiger partial charge on any atom is 0.329 e. The summed E-state index contributed by atoms with van der Waals surface area (Å²) in [6, 6.07) is 3.10. The van der Waals surface area contributed by atoms with Crippen LogP contribution < -0.4 is 0 Å². The molecule has 1 rings (SSSR count). The van der Waals surface area contributed by atoms with Crippen LogP contribution in [0.1, 0.15) is 31.3 Å². The molecule has 0 bridgehead atoms. The summed E-state index contributed by atoms with van der Waals surface area (Å²) in [5.41, 5.74) is -1.27. The number of amides is 1. The van der Waals surface area contributed by atoms with Gasteiger partial charge in [-0.05, 0) is 48.8 Å². The smallest absolute Gasteiger partial charge is 0.329 e. The Morgan fingerprint density at radius 2 is 2.06 bits per heavy atom. The SMILES string of the molecule is CCN(C(=O)c1ccc(Br)o1)C(C)(C)C(=O)O. The van der Waals surface area contributed by atoms with E-state index in [0.717, 1.165) is 0 Å². The molecule has 5 nitrogen and oxygen atoms in total. The van der Waals surface area contributed by atoms with Crippen molar-refractivity contribution in [2.75, 3.05) is 6.54 Å². The first-order chi connectivity index (χ1) is 7.80. The molecule has 0 aliphatic rings. The molecule has 0 aliphatic heterocycles. The number of aliphatic carboxylic acids is 1. The van der Waals surface area contributed by atoms with E-state index in [1.165, 1.54) is 24.8 Å². The van der Waals surface area contributed by atoms with Crippen LogP contribution in [-0.4, -0.2) is 34.0 Å². The number of likely N-dealkylation sites (N-methyl/N-ethyl adjacent to an activating group) is 1. The highest BCUT2D eigenvalue weighted by Crippen LogP contribution is 2.21. The molecule has 94 valence electrons. The highest BCUT2D eigenvalue weighted by molar-refractivity contribution is 9.10. The van der Waals surface area contributed by atoms with Gasteiger partial charge in [-0.15, -0.1) is 0 Å². The van der Waals surface area contributed by atoms with E-state index < -0.39 is 17.4 Å². The first-order valence-corrected chi connectivity index (χ1v) is 5.90. The average Bonchev–Trinajstić information content (AvgIpc) is 2.65. The van der Waals surface area contributed by atoms with Crippen molar-refractivity contribution in [2.45, 2.75) is 26.3 Å². The van der Waals surface area contributed by atoms with Gasteiger partial charge >= 0.3 is 5.97 Å². The average molecular weight is 304 g/mol. The van der Waals surface area contributed by atoms with Crippen molar-refractivity contribution in [2.24, 2.45) is 0 Å². The summed E-state index contributed by atoms with van der Waals surface area (Å²) < 4.78 is 5.57. The van der Waals surface area contributed by atoms with Crippen LogP contribution in [0.5, 0.6) is 0 Å². The van der Waals surface area contributed by atoms with Gasteiger partial charge in [-0.25, -0.2) is 4.79 Å². The topological polar surface area (TPSA) is 70.8 Å². The Hall–Kier alpha value is -1.30. The molecule has 6 heteroatoms. The highest BCUT2D eigenvalue weighted by Gasteiger charge is 2.38. The van der Waals surface area contributed by atoms with E-state index in [2.05, 4.69) is 15.9 Å². The second-order valence-electron chi connectivity index (χ2n) is 4.02. The highest BCUT2D eigenvalue weighted by atomic mass is 79.9. The fourth-order valence-corrected chi connectivity index (χ4v) is 1.78. The molecule has 1 aromatic heterocycles. The lowest BCUT2D eigenvalue weighted by Gasteiger charge is -2.33. The van der Waals surface area contributed by atoms with Crippen molar-refractivity contribution in [1.29, 1.82) is 0 Å². The molecule has 0 saturated carbocycles. The summed E-state index contributed by atoms with van der Waals surface area (Å²) in [5, 5.41) is 9.11. The Bertz CT molecular complexity index is 438. The quantitative estimate of drug-likeness (QED) is 0.927. The van der Waals surface area contributed by atoms with Crippen LogP contribution in [-0.2, 0) is 4.79 Å². The minimum atomic E-state index is -1.27. The third kappa shape index (κ3) is 2.69. The van der Waals surface area contributed by atoms with Gasteiger partial charge in [0.2, 0.25) is 0 Å². The summed E-state index contributed by atoms with van der Waals surface area (Å²) >= 11 is 3.10. The van der Waals surface area contributed by atoms with Gasteiger partial charge in [0.05, 0.1) is 0 Å². The Morgan fingerprint density at radius 3 is 2.41 bits per heavy atom. The minimum Gasteiger partial charge on any atom is -0.480 e. The number of hydrogen-bond donors (Lipinski definition) is 1. The Balaban J connectivity index is 3.04. The van der Waals surface area contributed by atoms with E-state index in [1.54, 1.807) is 13.0 Å². The Morgan fingerprint density at radius 1 is 1.47 bits per heavy atom. The number of nitrogens with zero attached hydrogens (tertiary/aromatic N) is 1. The molecule has 0 aromatic carbocycles. The summed E-state index contributed by atoms with van der Waals surface area (Å²) in [6.07, 6.45) is 0. The number of furan rings is 1. The van der Waals surface area contributed by atoms with Crippen molar-refractivity contribution < 1.29 is 19.1 Å². The summed E-state index contributed by atoms with van der Waals surface area (Å²) in [5.74, 6) is -1.38. The summed E-state index contributed by atoms with van der Waals surface area (Å²) in [7, 11) is 0. The van der Waals surface area contributed by atoms with Crippen LogP contribution >= 0.6 is 15.9 Å². The predicted molar refractivity (Wildman–Crippen MR) is 64.8 cm³/mol. The molecule has 0 spiro atoms. The van der Waals surface area contributed by atoms with Gasteiger partial charge in [0.15, 0.2) is 10.4 Å². The first-order valence-electron chi connectivity index (χ1n) is 5.11. The largest absolute Gasteiger partial charge is 0.480 e. The number of carbonyl (C=O) groups excluding carboxylic acids is 1. The number of rotatable bonds is 4. The molecule has 1 N–H and O–H groups in total. The molecule has 17 heavy (non-hydrogen) atoms. The monoisotopic (exact) mass is 303 g/mol. The summed E-state index contributed by atoms with van der Waals surface area (Å²) in [6.45, 7) is 4.97. The predicted octanol–water partition coefficient (Wildman–Crippen LogP) is 2.37. The molecule has 0 fully saturated rings. The van der Waals surface area contributed by atoms with Crippen molar-refractivity contribution in [3.8, 4) is 0 Å². The maximum absolute atomic E-state index is 12.1. The van der Waals surface area contributed by atoms with Crippen LogP contribution in [0.2, 0.25) is 0 Å². The van der Waals surface area contributed by atoms with Gasteiger partial charge < -0.3 is 14.4 Å². The fraction of sp³-hybridized carbons (Fsp3) is 0.455. The van der Waals surface area contributed by atoms with Crippen LogP contribution in [0, 0.1) is 0 Å². The van der Waals surface area contributed by atoms with Gasteiger partial charge in [0.25, 0.3) is 5.91 Å². The fourth-order valence-electron chi connectivity index (χ4n) is 1.47. The maximum atomic E-state index is 12.1. The third-order valence-electron chi connectivity index (χ3n) is 2.54. The molecule has 0 unspecified atom stereocenters. The van der Waals surface area contributed by atoms with Crippen molar-refractivity contribution >= 4 is 27.8 Å². The van der Waals surface area contributed by atoms with E-state index in [4.69, 9.17) is 9.52 Å². The Labute approximate surface area is 108 Å². The molecular formula is C11H14BrNO4. The van der Waals surface area contributed by atoms with Gasteiger partial charge in [-0.1, -0.05) is 0 Å². The number of hydrogen-bond acceptors (Lipinski definition) is 3. The van der Waals surface area contributed by atoms with E-state index in [-0.39, 0.29) is 12.3 Å². The number of carbonyl (C=O) groups is 2. The standard InChI is InChI=1S/C11H14BrNO4/c1-4-13(11(2,3)10(15)16)9(14)7-5-6-8(12)17-7/h5-6H,4H2,1-3H3,(H,15,16). The van der Waals surface area contributed by atoms with Crippen molar-refractivity contribution in [3.63, 3.8) is 0 Å². The van der Waals surface area contributed by atoms with E-state index >= 15 is 0 Å². The zero-order chi connectivity index (χ0) is 13.2. The lowest BCUT2D eigenvalue weighted by Crippen LogP contribution is -2.52. The molecular weight excluding hydrogens is 290 g/mol. The molecule has 0 saturated heterocycles. The zero-order valence-corrected chi connectivity index (χ0v) is 11.4. The third-order valence-corrected chi connectivity index (χ3v) is 2.97. The lowest BCUT2D eigenvalue weighted by atomic mass is 10.0. The van der Waals surface area contributed by atoms with E-state index in [9.17, 15) is 9.59 Å². The van der Waals surface area contributed by atoms with Crippen molar-refractivity contribution in [1.82, 2.24) is 4.90 Å². The van der Waals surface area contributed by atoms with Gasteiger partial charge in [-0.2, -0.15) is 0 Å². The normalized spacial score (nSPS) is 11.3. The van der Waals surface area contributed by atoms with E-state index in [0.29, 0.717) is 4.67 Å². The van der Waals surface area contributed by atoms with Crippen molar-refractivity contribution in [3.05, 3.63) is 22.6 Å². The van der Waals surface area contributed by atoms with Crippen LogP contribution in [0.25, 0.3) is 0 Å². The number of carboxylic acids is 1. The van der Waals surface area contributed by atoms with Crippen LogP contribution in [0.15, 0.2) is 21.2 Å². The van der Waals surface area contributed by atoms with E-state index in [1.807, 2.05) is 0 Å². The first kappa shape index (κ1) is 13.8. The molecule has 0 radical (unpaired) electrons. The summed E-state index contributed by atoms with van der Waals surface area (Å²) in [4.78, 5) is 24.5. The number of halogens is 1. The van der Waals surface area contributed by atoms with Gasteiger partial charge in [0.1, 0.15) is 5.54 Å². The molecule has 1 amide bonds. The second-order valence-corrected chi connectivity index (χ2v) is 4.80. The van der Waals surface area contributed by atoms with Crippen LogP contribution in [0.4, 0.5) is 0 Å². The van der Waals surface area contributed by atoms with Crippen LogP contribution in [0.3, 0.4) is 0 Å². The molecule has 0 aliphatic carbocycles. The van der Waals surface area contributed by atoms with Gasteiger partial charge in [0, 0.05) is 6.54 Å². The second kappa shape index (κ2) is 4.91. The zero-order valence-electron chi connectivity index (χ0n) is 9.86. The minimum absolute atomic E-state index is 0.119. The lowest BCUT2D eigenvalue weighted by molar-refractivity contribution is -0.147. The number of carboxylic acid groups (broad SMARTS) is 1. The van der Waals surface area contributed by atoms with Gasteiger partial charge in [-0.3, -0.25) is 4.79 Å². The Kier molecular flexibility index (Phi) is 3.98. The molecule has 1 aromatic rings. The molecule has 0 atom stereocenters.